The van der Waals surface area contributed by atoms with Crippen molar-refractivity contribution < 1.29 is 4.74 Å². The summed E-state index contributed by atoms with van der Waals surface area (Å²) in [5, 5.41) is 3.25. The fourth-order valence-electron chi connectivity index (χ4n) is 2.10. The third kappa shape index (κ3) is 3.66. The van der Waals surface area contributed by atoms with Crippen LogP contribution in [-0.4, -0.2) is 20.6 Å². The number of ether oxygens (including phenoxy) is 1. The first-order valence-electron chi connectivity index (χ1n) is 7.36. The first kappa shape index (κ1) is 15.0. The molecular weight excluding hydrogens is 290 g/mol. The van der Waals surface area contributed by atoms with E-state index in [2.05, 4.69) is 20.3 Å². The van der Waals surface area contributed by atoms with Gasteiger partial charge < -0.3 is 15.8 Å². The van der Waals surface area contributed by atoms with Gasteiger partial charge in [-0.1, -0.05) is 18.2 Å². The summed E-state index contributed by atoms with van der Waals surface area (Å²) in [5.74, 6) is 1.25. The maximum atomic E-state index is 5.88. The van der Waals surface area contributed by atoms with Crippen molar-refractivity contribution >= 4 is 28.5 Å². The molecule has 3 N–H and O–H groups in total. The number of nitrogens with zero attached hydrogens (tertiary/aromatic N) is 3. The van der Waals surface area contributed by atoms with Gasteiger partial charge in [-0.2, -0.15) is 4.98 Å². The third-order valence-corrected chi connectivity index (χ3v) is 2.98. The van der Waals surface area contributed by atoms with Crippen LogP contribution in [0.4, 0.5) is 17.5 Å². The summed E-state index contributed by atoms with van der Waals surface area (Å²) in [5.41, 5.74) is 7.54. The zero-order valence-corrected chi connectivity index (χ0v) is 13.4. The molecule has 0 aliphatic rings. The van der Waals surface area contributed by atoms with Crippen molar-refractivity contribution in [1.29, 1.82) is 0 Å². The van der Waals surface area contributed by atoms with Crippen molar-refractivity contribution in [3.63, 3.8) is 0 Å². The van der Waals surface area contributed by atoms with E-state index >= 15 is 0 Å². The van der Waals surface area contributed by atoms with E-state index < -0.39 is 5.60 Å². The van der Waals surface area contributed by atoms with Crippen molar-refractivity contribution in [1.82, 2.24) is 15.0 Å². The second-order valence-corrected chi connectivity index (χ2v) is 6.16. The van der Waals surface area contributed by atoms with Crippen molar-refractivity contribution in [2.45, 2.75) is 26.4 Å². The summed E-state index contributed by atoms with van der Waals surface area (Å²) < 4.78 is 5.88. The molecule has 118 valence electrons. The molecule has 23 heavy (non-hydrogen) atoms. The molecule has 0 radical (unpaired) electrons. The number of hydrogen-bond donors (Lipinski definition) is 2. The number of nitrogens with two attached hydrogens (primary N) is 1. The molecule has 6 heteroatoms. The number of hydrogen-bond acceptors (Lipinski definition) is 6. The van der Waals surface area contributed by atoms with E-state index in [1.165, 1.54) is 0 Å². The van der Waals surface area contributed by atoms with Crippen molar-refractivity contribution in [3.05, 3.63) is 42.5 Å². The van der Waals surface area contributed by atoms with Crippen LogP contribution >= 0.6 is 0 Å². The van der Waals surface area contributed by atoms with Gasteiger partial charge in [0, 0.05) is 5.69 Å². The van der Waals surface area contributed by atoms with Crippen LogP contribution in [0.3, 0.4) is 0 Å². The number of benzene rings is 1. The number of nitrogens with one attached hydrogen (secondary N) is 1. The van der Waals surface area contributed by atoms with Crippen LogP contribution in [0.25, 0.3) is 11.0 Å². The number of rotatable bonds is 3. The molecule has 0 bridgehead atoms. The zero-order chi connectivity index (χ0) is 16.4. The maximum Gasteiger partial charge on any atom is 0.246 e. The minimum absolute atomic E-state index is 0.169. The quantitative estimate of drug-likeness (QED) is 0.769. The number of para-hydroxylation sites is 1. The molecule has 0 spiro atoms. The van der Waals surface area contributed by atoms with E-state index in [0.717, 1.165) is 5.69 Å². The Kier molecular flexibility index (Phi) is 3.73. The molecule has 0 saturated carbocycles. The molecule has 2 heterocycles. The largest absolute Gasteiger partial charge is 0.470 e. The molecule has 0 aliphatic heterocycles. The Hall–Kier alpha value is -2.89. The van der Waals surface area contributed by atoms with Gasteiger partial charge in [0.15, 0.2) is 5.52 Å². The molecular formula is C17H19N5O. The second-order valence-electron chi connectivity index (χ2n) is 6.16. The average Bonchev–Trinajstić information content (AvgIpc) is 2.47. The summed E-state index contributed by atoms with van der Waals surface area (Å²) >= 11 is 0. The lowest BCUT2D eigenvalue weighted by atomic mass is 10.2. The lowest BCUT2D eigenvalue weighted by Gasteiger charge is -2.21. The molecule has 2 aromatic heterocycles. The third-order valence-electron chi connectivity index (χ3n) is 2.98. The Balaban J connectivity index is 2.03. The number of aromatic nitrogens is 3. The lowest BCUT2D eigenvalue weighted by Crippen LogP contribution is -2.24. The number of pyridine rings is 1. The van der Waals surface area contributed by atoms with Crippen LogP contribution in [0.5, 0.6) is 5.88 Å². The highest BCUT2D eigenvalue weighted by atomic mass is 16.5. The standard InChI is InChI=1S/C17H19N5O/c1-17(2,3)23-15-14-12(20-16(18)22-15)9-10-13(21-14)19-11-7-5-4-6-8-11/h4-10H,1-3H3,(H,19,21)(H2,18,20,22). The van der Waals surface area contributed by atoms with E-state index in [-0.39, 0.29) is 5.95 Å². The lowest BCUT2D eigenvalue weighted by molar-refractivity contribution is 0.126. The minimum atomic E-state index is -0.404. The van der Waals surface area contributed by atoms with Gasteiger partial charge in [0.25, 0.3) is 0 Å². The summed E-state index contributed by atoms with van der Waals surface area (Å²) in [7, 11) is 0. The van der Waals surface area contributed by atoms with Gasteiger partial charge in [0.1, 0.15) is 11.4 Å². The summed E-state index contributed by atoms with van der Waals surface area (Å²) in [6.45, 7) is 5.84. The van der Waals surface area contributed by atoms with Crippen LogP contribution in [0, 0.1) is 0 Å². The second kappa shape index (κ2) is 5.72. The molecule has 0 aliphatic carbocycles. The Morgan fingerprint density at radius 1 is 0.957 bits per heavy atom. The van der Waals surface area contributed by atoms with Gasteiger partial charge >= 0.3 is 0 Å². The first-order chi connectivity index (χ1) is 10.9. The number of anilines is 3. The molecule has 0 saturated heterocycles. The van der Waals surface area contributed by atoms with Crippen molar-refractivity contribution in [2.75, 3.05) is 11.1 Å². The Bertz CT molecular complexity index is 828. The van der Waals surface area contributed by atoms with E-state index in [4.69, 9.17) is 10.5 Å². The molecule has 0 atom stereocenters. The van der Waals surface area contributed by atoms with Crippen molar-refractivity contribution in [2.24, 2.45) is 0 Å². The molecule has 0 amide bonds. The van der Waals surface area contributed by atoms with Crippen LogP contribution < -0.4 is 15.8 Å². The number of nitrogen functional groups attached to an aromatic ring is 1. The number of fused-ring (bicyclic) bond motifs is 1. The first-order valence-corrected chi connectivity index (χ1v) is 7.36. The van der Waals surface area contributed by atoms with Gasteiger partial charge in [0.2, 0.25) is 11.8 Å². The molecule has 3 aromatic rings. The maximum absolute atomic E-state index is 5.88. The topological polar surface area (TPSA) is 86.0 Å². The highest BCUT2D eigenvalue weighted by molar-refractivity contribution is 5.82. The minimum Gasteiger partial charge on any atom is -0.470 e. The summed E-state index contributed by atoms with van der Waals surface area (Å²) in [4.78, 5) is 13.0. The molecule has 0 fully saturated rings. The Labute approximate surface area is 134 Å². The Morgan fingerprint density at radius 2 is 1.70 bits per heavy atom. The zero-order valence-electron chi connectivity index (χ0n) is 13.4. The predicted molar refractivity (Wildman–Crippen MR) is 91.9 cm³/mol. The summed E-state index contributed by atoms with van der Waals surface area (Å²) in [6.07, 6.45) is 0. The van der Waals surface area contributed by atoms with Gasteiger partial charge in [-0.15, -0.1) is 0 Å². The van der Waals surface area contributed by atoms with E-state index in [1.54, 1.807) is 0 Å². The monoisotopic (exact) mass is 309 g/mol. The SMILES string of the molecule is CC(C)(C)Oc1nc(N)nc2ccc(Nc3ccccc3)nc12. The van der Waals surface area contributed by atoms with E-state index in [1.807, 2.05) is 63.2 Å². The normalized spacial score (nSPS) is 11.4. The van der Waals surface area contributed by atoms with Crippen LogP contribution in [-0.2, 0) is 0 Å². The van der Waals surface area contributed by atoms with Crippen molar-refractivity contribution in [3.8, 4) is 5.88 Å². The highest BCUT2D eigenvalue weighted by Crippen LogP contribution is 2.27. The fraction of sp³-hybridized carbons (Fsp3) is 0.235. The van der Waals surface area contributed by atoms with Crippen LogP contribution in [0.1, 0.15) is 20.8 Å². The molecule has 1 aromatic carbocycles. The molecule has 0 unspecified atom stereocenters. The van der Waals surface area contributed by atoms with Gasteiger partial charge in [0.05, 0.1) is 5.52 Å². The van der Waals surface area contributed by atoms with Crippen LogP contribution in [0.15, 0.2) is 42.5 Å². The molecule has 6 nitrogen and oxygen atoms in total. The smallest absolute Gasteiger partial charge is 0.246 e. The predicted octanol–water partition coefficient (Wildman–Crippen LogP) is 3.53. The average molecular weight is 309 g/mol. The van der Waals surface area contributed by atoms with Gasteiger partial charge in [-0.05, 0) is 45.0 Å². The highest BCUT2D eigenvalue weighted by Gasteiger charge is 2.17. The molecule has 3 rings (SSSR count). The fourth-order valence-corrected chi connectivity index (χ4v) is 2.10. The van der Waals surface area contributed by atoms with E-state index in [0.29, 0.717) is 22.7 Å². The van der Waals surface area contributed by atoms with E-state index in [9.17, 15) is 0 Å². The Morgan fingerprint density at radius 3 is 2.39 bits per heavy atom. The summed E-state index contributed by atoms with van der Waals surface area (Å²) in [6, 6.07) is 13.5. The van der Waals surface area contributed by atoms with Gasteiger partial charge in [-0.25, -0.2) is 9.97 Å². The van der Waals surface area contributed by atoms with Crippen LogP contribution in [0.2, 0.25) is 0 Å². The van der Waals surface area contributed by atoms with Gasteiger partial charge in [-0.3, -0.25) is 0 Å².